The van der Waals surface area contributed by atoms with Gasteiger partial charge in [0.15, 0.2) is 0 Å². The van der Waals surface area contributed by atoms with Crippen molar-refractivity contribution < 1.29 is 18.0 Å². The van der Waals surface area contributed by atoms with Gasteiger partial charge in [-0.15, -0.1) is 0 Å². The molecule has 0 aliphatic carbocycles. The first-order chi connectivity index (χ1) is 10.7. The van der Waals surface area contributed by atoms with Crippen LogP contribution in [0.15, 0.2) is 47.4 Å². The highest BCUT2D eigenvalue weighted by atomic mass is 19.4. The van der Waals surface area contributed by atoms with Crippen molar-refractivity contribution in [1.29, 1.82) is 0 Å². The average molecular weight is 324 g/mol. The lowest BCUT2D eigenvalue weighted by molar-refractivity contribution is -0.138. The molecule has 122 valence electrons. The molecule has 1 aromatic carbocycles. The molecule has 0 unspecified atom stereocenters. The third-order valence-corrected chi connectivity index (χ3v) is 3.27. The number of carbonyl (C=O) groups is 1. The minimum absolute atomic E-state index is 0.000805. The second-order valence-corrected chi connectivity index (χ2v) is 5.28. The number of alkyl halides is 3. The van der Waals surface area contributed by atoms with Crippen LogP contribution in [0.3, 0.4) is 0 Å². The Morgan fingerprint density at radius 1 is 1.09 bits per heavy atom. The number of halogens is 3. The SMILES string of the molecule is CN(C)C(=O)c1ccc(Cn2cc(C(F)(F)F)ccc2=O)cc1. The van der Waals surface area contributed by atoms with E-state index in [2.05, 4.69) is 0 Å². The number of nitrogens with zero attached hydrogens (tertiary/aromatic N) is 2. The molecule has 2 rings (SSSR count). The highest BCUT2D eigenvalue weighted by Gasteiger charge is 2.31. The maximum atomic E-state index is 12.7. The molecule has 0 aliphatic heterocycles. The van der Waals surface area contributed by atoms with Crippen LogP contribution in [0.1, 0.15) is 21.5 Å². The van der Waals surface area contributed by atoms with Gasteiger partial charge in [0, 0.05) is 31.9 Å². The Labute approximate surface area is 130 Å². The molecule has 23 heavy (non-hydrogen) atoms. The van der Waals surface area contributed by atoms with E-state index in [0.717, 1.165) is 22.9 Å². The fraction of sp³-hybridized carbons (Fsp3) is 0.250. The lowest BCUT2D eigenvalue weighted by atomic mass is 10.1. The summed E-state index contributed by atoms with van der Waals surface area (Å²) >= 11 is 0. The van der Waals surface area contributed by atoms with Gasteiger partial charge in [-0.2, -0.15) is 13.2 Å². The predicted octanol–water partition coefficient (Wildman–Crippen LogP) is 2.62. The van der Waals surface area contributed by atoms with Crippen LogP contribution in [0.2, 0.25) is 0 Å². The largest absolute Gasteiger partial charge is 0.417 e. The van der Waals surface area contributed by atoms with Crippen LogP contribution in [0, 0.1) is 0 Å². The van der Waals surface area contributed by atoms with Gasteiger partial charge < -0.3 is 9.47 Å². The van der Waals surface area contributed by atoms with Crippen molar-refractivity contribution in [3.8, 4) is 0 Å². The maximum Gasteiger partial charge on any atom is 0.417 e. The Kier molecular flexibility index (Phi) is 4.58. The van der Waals surface area contributed by atoms with Crippen LogP contribution in [-0.2, 0) is 12.7 Å². The molecule has 4 nitrogen and oxygen atoms in total. The Balaban J connectivity index is 2.26. The Morgan fingerprint density at radius 3 is 2.22 bits per heavy atom. The zero-order chi connectivity index (χ0) is 17.2. The lowest BCUT2D eigenvalue weighted by Gasteiger charge is -2.12. The fourth-order valence-electron chi connectivity index (χ4n) is 2.03. The van der Waals surface area contributed by atoms with Crippen molar-refractivity contribution in [2.24, 2.45) is 0 Å². The first-order valence-electron chi connectivity index (χ1n) is 6.77. The number of carbonyl (C=O) groups excluding carboxylic acids is 1. The molecule has 0 atom stereocenters. The highest BCUT2D eigenvalue weighted by molar-refractivity contribution is 5.93. The van der Waals surface area contributed by atoms with Crippen LogP contribution in [0.25, 0.3) is 0 Å². The fourth-order valence-corrected chi connectivity index (χ4v) is 2.03. The van der Waals surface area contributed by atoms with E-state index < -0.39 is 17.3 Å². The van der Waals surface area contributed by atoms with Crippen LogP contribution in [-0.4, -0.2) is 29.5 Å². The third-order valence-electron chi connectivity index (χ3n) is 3.27. The molecule has 1 amide bonds. The van der Waals surface area contributed by atoms with E-state index in [1.54, 1.807) is 38.4 Å². The van der Waals surface area contributed by atoms with E-state index in [9.17, 15) is 22.8 Å². The Hall–Kier alpha value is -2.57. The summed E-state index contributed by atoms with van der Waals surface area (Å²) in [7, 11) is 3.25. The van der Waals surface area contributed by atoms with Gasteiger partial charge in [0.05, 0.1) is 12.1 Å². The molecule has 1 aromatic heterocycles. The number of hydrogen-bond donors (Lipinski definition) is 0. The van der Waals surface area contributed by atoms with Gasteiger partial charge in [-0.05, 0) is 23.8 Å². The molecule has 2 aromatic rings. The van der Waals surface area contributed by atoms with Crippen LogP contribution in [0.4, 0.5) is 13.2 Å². The second kappa shape index (κ2) is 6.28. The van der Waals surface area contributed by atoms with E-state index in [4.69, 9.17) is 0 Å². The Morgan fingerprint density at radius 2 is 1.70 bits per heavy atom. The van der Waals surface area contributed by atoms with Gasteiger partial charge in [-0.25, -0.2) is 0 Å². The van der Waals surface area contributed by atoms with Crippen molar-refractivity contribution >= 4 is 5.91 Å². The second-order valence-electron chi connectivity index (χ2n) is 5.28. The Bertz CT molecular complexity index is 762. The van der Waals surface area contributed by atoms with Gasteiger partial charge in [0.1, 0.15) is 0 Å². The molecular weight excluding hydrogens is 309 g/mol. The van der Waals surface area contributed by atoms with Crippen LogP contribution < -0.4 is 5.56 Å². The first-order valence-corrected chi connectivity index (χ1v) is 6.77. The van der Waals surface area contributed by atoms with E-state index in [1.807, 2.05) is 0 Å². The standard InChI is InChI=1S/C16H15F3N2O2/c1-20(2)15(23)12-5-3-11(4-6-12)9-21-10-13(16(17,18)19)7-8-14(21)22/h3-8,10H,9H2,1-2H3. The summed E-state index contributed by atoms with van der Waals surface area (Å²) in [5.41, 5.74) is -0.306. The quantitative estimate of drug-likeness (QED) is 0.871. The van der Waals surface area contributed by atoms with Crippen molar-refractivity contribution in [2.75, 3.05) is 14.1 Å². The number of aromatic nitrogens is 1. The van der Waals surface area contributed by atoms with Gasteiger partial charge in [0.25, 0.3) is 11.5 Å². The summed E-state index contributed by atoms with van der Waals surface area (Å²) in [6, 6.07) is 8.05. The molecule has 0 fully saturated rings. The van der Waals surface area contributed by atoms with Gasteiger partial charge in [-0.3, -0.25) is 9.59 Å². The predicted molar refractivity (Wildman–Crippen MR) is 79.3 cm³/mol. The van der Waals surface area contributed by atoms with Gasteiger partial charge in [0.2, 0.25) is 0 Å². The van der Waals surface area contributed by atoms with E-state index in [0.29, 0.717) is 11.1 Å². The lowest BCUT2D eigenvalue weighted by Crippen LogP contribution is -2.22. The average Bonchev–Trinajstić information content (AvgIpc) is 2.48. The van der Waals surface area contributed by atoms with E-state index in [-0.39, 0.29) is 12.5 Å². The van der Waals surface area contributed by atoms with Gasteiger partial charge in [-0.1, -0.05) is 12.1 Å². The molecular formula is C16H15F3N2O2. The molecule has 7 heteroatoms. The number of benzene rings is 1. The molecule has 0 spiro atoms. The topological polar surface area (TPSA) is 42.3 Å². The number of amides is 1. The van der Waals surface area contributed by atoms with Crippen molar-refractivity contribution in [1.82, 2.24) is 9.47 Å². The van der Waals surface area contributed by atoms with Crippen LogP contribution >= 0.6 is 0 Å². The zero-order valence-electron chi connectivity index (χ0n) is 12.6. The van der Waals surface area contributed by atoms with Gasteiger partial charge >= 0.3 is 6.18 Å². The molecule has 0 N–H and O–H groups in total. The summed E-state index contributed by atoms with van der Waals surface area (Å²) in [5, 5.41) is 0. The number of rotatable bonds is 3. The van der Waals surface area contributed by atoms with E-state index >= 15 is 0 Å². The smallest absolute Gasteiger partial charge is 0.345 e. The van der Waals surface area contributed by atoms with E-state index in [1.165, 1.54) is 4.90 Å². The number of pyridine rings is 1. The summed E-state index contributed by atoms with van der Waals surface area (Å²) in [6.45, 7) is -0.000805. The maximum absolute atomic E-state index is 12.7. The molecule has 0 bridgehead atoms. The molecule has 0 saturated carbocycles. The van der Waals surface area contributed by atoms with Crippen molar-refractivity contribution in [3.63, 3.8) is 0 Å². The molecule has 1 heterocycles. The monoisotopic (exact) mass is 324 g/mol. The normalized spacial score (nSPS) is 11.3. The summed E-state index contributed by atoms with van der Waals surface area (Å²) in [4.78, 5) is 24.9. The van der Waals surface area contributed by atoms with Crippen molar-refractivity contribution in [2.45, 2.75) is 12.7 Å². The minimum Gasteiger partial charge on any atom is -0.345 e. The summed E-state index contributed by atoms with van der Waals surface area (Å²) < 4.78 is 39.1. The summed E-state index contributed by atoms with van der Waals surface area (Å²) in [6.07, 6.45) is -3.71. The summed E-state index contributed by atoms with van der Waals surface area (Å²) in [5.74, 6) is -0.173. The first kappa shape index (κ1) is 16.8. The molecule has 0 saturated heterocycles. The molecule has 0 radical (unpaired) electrons. The molecule has 0 aliphatic rings. The minimum atomic E-state index is -4.50. The van der Waals surface area contributed by atoms with Crippen molar-refractivity contribution in [3.05, 3.63) is 69.6 Å². The number of hydrogen-bond acceptors (Lipinski definition) is 2. The third kappa shape index (κ3) is 4.00. The highest BCUT2D eigenvalue weighted by Crippen LogP contribution is 2.28. The zero-order valence-corrected chi connectivity index (χ0v) is 12.6. The van der Waals surface area contributed by atoms with Crippen LogP contribution in [0.5, 0.6) is 0 Å².